The minimum atomic E-state index is -0.819. The van der Waals surface area contributed by atoms with Gasteiger partial charge in [0, 0.05) is 70.4 Å². The SMILES string of the molecule is O=C(NC(c1ccccc1)c1cccc(OCc2ccc(C(=O)OCCN3CCN(Cc4ccc(CNC[C@H](O)c5ccc(O)c6[nH]c(=O)ccc56)cc4)CC3)cc2)c1)O[C@H]1CN2CCC1CC2. The maximum Gasteiger partial charge on any atom is 0.408 e. The van der Waals surface area contributed by atoms with Gasteiger partial charge in [-0.2, -0.15) is 0 Å². The van der Waals surface area contributed by atoms with Crippen molar-refractivity contribution in [1.82, 2.24) is 30.3 Å². The number of hydrogen-bond donors (Lipinski definition) is 5. The predicted molar refractivity (Wildman–Crippen MR) is 259 cm³/mol. The van der Waals surface area contributed by atoms with Gasteiger partial charge in [-0.05, 0) is 102 Å². The highest BCUT2D eigenvalue weighted by Gasteiger charge is 2.37. The lowest BCUT2D eigenvalue weighted by Gasteiger charge is -2.43. The molecule has 5 N–H and O–H groups in total. The van der Waals surface area contributed by atoms with Crippen LogP contribution in [-0.2, 0) is 29.2 Å². The number of carbonyl (C=O) groups excluding carboxylic acids is 2. The first-order chi connectivity index (χ1) is 33.2. The molecule has 2 bridgehead atoms. The van der Waals surface area contributed by atoms with Crippen molar-refractivity contribution in [3.05, 3.63) is 177 Å². The Morgan fingerprint density at radius 3 is 2.24 bits per heavy atom. The molecule has 1 amide bonds. The summed E-state index contributed by atoms with van der Waals surface area (Å²) in [6.07, 6.45) is 0.824. The number of piperidine rings is 3. The number of fused-ring (bicyclic) bond motifs is 4. The summed E-state index contributed by atoms with van der Waals surface area (Å²) in [6, 6.07) is 39.2. The third kappa shape index (κ3) is 11.9. The number of esters is 1. The van der Waals surface area contributed by atoms with E-state index in [1.807, 2.05) is 66.7 Å². The number of amides is 1. The predicted octanol–water partition coefficient (Wildman–Crippen LogP) is 6.52. The maximum atomic E-state index is 13.3. The van der Waals surface area contributed by atoms with Crippen LogP contribution in [0.15, 0.2) is 132 Å². The van der Waals surface area contributed by atoms with Crippen molar-refractivity contribution in [2.45, 2.75) is 50.8 Å². The highest BCUT2D eigenvalue weighted by molar-refractivity contribution is 5.89. The Labute approximate surface area is 396 Å². The first-order valence-electron chi connectivity index (χ1n) is 23.7. The van der Waals surface area contributed by atoms with Gasteiger partial charge in [-0.1, -0.05) is 84.9 Å². The highest BCUT2D eigenvalue weighted by atomic mass is 16.6. The van der Waals surface area contributed by atoms with Crippen molar-refractivity contribution < 1.29 is 34.0 Å². The van der Waals surface area contributed by atoms with E-state index >= 15 is 0 Å². The van der Waals surface area contributed by atoms with Crippen LogP contribution in [0.2, 0.25) is 0 Å². The maximum absolute atomic E-state index is 13.3. The standard InChI is InChI=1S/C54H60N6O8/c61-47-19-17-45(46-18-20-50(63)56-52(46)47)48(62)33-55-32-37-9-11-38(12-10-37)34-60-27-25-58(26-28-60)29-30-66-53(64)42-15-13-39(14-16-42)36-67-44-8-4-7-43(31-44)51(41-5-2-1-3-6-41)57-54(65)68-49-35-59-23-21-40(49)22-24-59/h1-20,31,40,48-49,51,55,61-62H,21-30,32-36H2,(H,56,63)(H,57,65)/t48-,49-,51?/m0/s1. The molecule has 0 radical (unpaired) electrons. The summed E-state index contributed by atoms with van der Waals surface area (Å²) >= 11 is 0. The number of ether oxygens (including phenoxy) is 3. The van der Waals surface area contributed by atoms with E-state index in [4.69, 9.17) is 14.2 Å². The van der Waals surface area contributed by atoms with E-state index in [1.165, 1.54) is 17.7 Å². The molecule has 14 heteroatoms. The van der Waals surface area contributed by atoms with E-state index < -0.39 is 18.2 Å². The zero-order valence-corrected chi connectivity index (χ0v) is 38.2. The molecule has 4 aliphatic rings. The lowest BCUT2D eigenvalue weighted by molar-refractivity contribution is -0.0336. The number of hydrogen-bond acceptors (Lipinski definition) is 12. The number of phenolic OH excluding ortho intramolecular Hbond substituents is 1. The fourth-order valence-electron chi connectivity index (χ4n) is 9.58. The number of aromatic amines is 1. The second kappa shape index (κ2) is 22.0. The Hall–Kier alpha value is -6.55. The fourth-order valence-corrected chi connectivity index (χ4v) is 9.58. The molecule has 5 heterocycles. The van der Waals surface area contributed by atoms with Gasteiger partial charge in [-0.3, -0.25) is 19.5 Å². The van der Waals surface area contributed by atoms with Crippen LogP contribution in [0.25, 0.3) is 10.9 Å². The summed E-state index contributed by atoms with van der Waals surface area (Å²) < 4.78 is 17.9. The molecular weight excluding hydrogens is 861 g/mol. The van der Waals surface area contributed by atoms with Crippen LogP contribution in [0.4, 0.5) is 4.79 Å². The Morgan fingerprint density at radius 1 is 0.765 bits per heavy atom. The number of piperazine rings is 1. The molecule has 0 saturated carbocycles. The molecule has 1 unspecified atom stereocenters. The number of aromatic hydroxyl groups is 1. The molecule has 4 fully saturated rings. The van der Waals surface area contributed by atoms with Crippen LogP contribution < -0.4 is 20.9 Å². The molecule has 6 aromatic rings. The van der Waals surface area contributed by atoms with Crippen molar-refractivity contribution in [3.63, 3.8) is 0 Å². The molecule has 3 atom stereocenters. The van der Waals surface area contributed by atoms with Gasteiger partial charge in [0.2, 0.25) is 5.56 Å². The summed E-state index contributed by atoms with van der Waals surface area (Å²) in [4.78, 5) is 47.7. The molecule has 354 valence electrons. The minimum absolute atomic E-state index is 0.0333. The average molecular weight is 921 g/mol. The van der Waals surface area contributed by atoms with Crippen molar-refractivity contribution >= 4 is 23.0 Å². The lowest BCUT2D eigenvalue weighted by atomic mass is 9.86. The fraction of sp³-hybridized carbons (Fsp3) is 0.352. The number of phenols is 1. The Balaban J connectivity index is 0.673. The second-order valence-electron chi connectivity index (χ2n) is 18.1. The van der Waals surface area contributed by atoms with Crippen LogP contribution >= 0.6 is 0 Å². The third-order valence-corrected chi connectivity index (χ3v) is 13.5. The highest BCUT2D eigenvalue weighted by Crippen LogP contribution is 2.32. The second-order valence-corrected chi connectivity index (χ2v) is 18.1. The van der Waals surface area contributed by atoms with Crippen LogP contribution in [0.5, 0.6) is 11.5 Å². The summed E-state index contributed by atoms with van der Waals surface area (Å²) in [6.45, 7) is 9.61. The number of alkyl carbamates (subject to hydrolysis) is 1. The number of aromatic nitrogens is 1. The van der Waals surface area contributed by atoms with E-state index in [2.05, 4.69) is 54.6 Å². The summed E-state index contributed by atoms with van der Waals surface area (Å²) in [5.74, 6) is 0.702. The molecule has 68 heavy (non-hydrogen) atoms. The molecule has 10 rings (SSSR count). The number of aliphatic hydroxyl groups is 1. The Bertz CT molecular complexity index is 2680. The van der Waals surface area contributed by atoms with E-state index in [-0.39, 0.29) is 23.4 Å². The molecule has 4 saturated heterocycles. The summed E-state index contributed by atoms with van der Waals surface area (Å²) in [7, 11) is 0. The summed E-state index contributed by atoms with van der Waals surface area (Å²) in [5, 5.41) is 28.1. The molecule has 4 aliphatic heterocycles. The topological polar surface area (TPSA) is 169 Å². The van der Waals surface area contributed by atoms with Crippen LogP contribution in [0.1, 0.15) is 68.7 Å². The average Bonchev–Trinajstić information content (AvgIpc) is 3.37. The van der Waals surface area contributed by atoms with Crippen molar-refractivity contribution in [2.24, 2.45) is 5.92 Å². The minimum Gasteiger partial charge on any atom is -0.506 e. The largest absolute Gasteiger partial charge is 0.506 e. The number of H-pyrrole nitrogens is 1. The molecule has 5 aromatic carbocycles. The Morgan fingerprint density at radius 2 is 1.49 bits per heavy atom. The first-order valence-corrected chi connectivity index (χ1v) is 23.7. The van der Waals surface area contributed by atoms with Crippen molar-refractivity contribution in [3.8, 4) is 11.5 Å². The normalized spacial score (nSPS) is 19.3. The van der Waals surface area contributed by atoms with Gasteiger partial charge in [0.25, 0.3) is 0 Å². The zero-order valence-electron chi connectivity index (χ0n) is 38.2. The molecule has 14 nitrogen and oxygen atoms in total. The van der Waals surface area contributed by atoms with Gasteiger partial charge >= 0.3 is 12.1 Å². The lowest BCUT2D eigenvalue weighted by Crippen LogP contribution is -2.52. The van der Waals surface area contributed by atoms with Gasteiger partial charge in [0.05, 0.1) is 23.2 Å². The smallest absolute Gasteiger partial charge is 0.408 e. The number of rotatable bonds is 18. The van der Waals surface area contributed by atoms with Gasteiger partial charge < -0.3 is 40.0 Å². The van der Waals surface area contributed by atoms with Crippen molar-refractivity contribution in [2.75, 3.05) is 65.5 Å². The van der Waals surface area contributed by atoms with Crippen LogP contribution in [0, 0.1) is 5.92 Å². The van der Waals surface area contributed by atoms with Crippen LogP contribution in [0.3, 0.4) is 0 Å². The number of aliphatic hydroxyl groups excluding tert-OH is 1. The Kier molecular flexibility index (Phi) is 15.1. The van der Waals surface area contributed by atoms with E-state index in [1.54, 1.807) is 24.3 Å². The zero-order chi connectivity index (χ0) is 46.8. The summed E-state index contributed by atoms with van der Waals surface area (Å²) in [5.41, 5.74) is 6.19. The molecular formula is C54H60N6O8. The third-order valence-electron chi connectivity index (χ3n) is 13.5. The molecule has 0 aliphatic carbocycles. The van der Waals surface area contributed by atoms with E-state index in [9.17, 15) is 24.6 Å². The number of nitrogens with one attached hydrogen (secondary N) is 3. The molecule has 1 aromatic heterocycles. The van der Waals surface area contributed by atoms with Gasteiger partial charge in [-0.25, -0.2) is 9.59 Å². The quantitative estimate of drug-likeness (QED) is 0.0594. The van der Waals surface area contributed by atoms with Gasteiger partial charge in [0.15, 0.2) is 0 Å². The van der Waals surface area contributed by atoms with Gasteiger partial charge in [-0.15, -0.1) is 0 Å². The number of benzene rings is 5. The van der Waals surface area contributed by atoms with E-state index in [0.717, 1.165) is 87.5 Å². The number of pyridine rings is 1. The van der Waals surface area contributed by atoms with E-state index in [0.29, 0.717) is 66.5 Å². The molecule has 0 spiro atoms. The monoisotopic (exact) mass is 920 g/mol. The van der Waals surface area contributed by atoms with Gasteiger partial charge in [0.1, 0.15) is 30.8 Å². The number of carbonyl (C=O) groups is 2. The van der Waals surface area contributed by atoms with Crippen molar-refractivity contribution in [1.29, 1.82) is 0 Å². The number of nitrogens with zero attached hydrogens (tertiary/aromatic N) is 3. The van der Waals surface area contributed by atoms with Crippen LogP contribution in [-0.4, -0.2) is 114 Å². The first kappa shape index (κ1) is 46.6.